The lowest BCUT2D eigenvalue weighted by Gasteiger charge is -2.03. The highest BCUT2D eigenvalue weighted by Gasteiger charge is 2.09. The van der Waals surface area contributed by atoms with Gasteiger partial charge in [0.1, 0.15) is 0 Å². The Labute approximate surface area is 105 Å². The minimum absolute atomic E-state index is 0.0736. The van der Waals surface area contributed by atoms with Crippen LogP contribution in [-0.4, -0.2) is 22.0 Å². The van der Waals surface area contributed by atoms with Crippen LogP contribution in [0, 0.1) is 0 Å². The number of imidazole rings is 1. The summed E-state index contributed by atoms with van der Waals surface area (Å²) in [5, 5.41) is 3.25. The van der Waals surface area contributed by atoms with Crippen LogP contribution in [0.5, 0.6) is 0 Å². The fraction of sp³-hybridized carbons (Fsp3) is 0.333. The van der Waals surface area contributed by atoms with Crippen molar-refractivity contribution >= 4 is 28.5 Å². The summed E-state index contributed by atoms with van der Waals surface area (Å²) in [7, 11) is 1.84. The van der Waals surface area contributed by atoms with Crippen molar-refractivity contribution < 1.29 is 4.79 Å². The maximum absolute atomic E-state index is 11.8. The summed E-state index contributed by atoms with van der Waals surface area (Å²) >= 11 is 5.92. The topological polar surface area (TPSA) is 46.9 Å². The smallest absolute Gasteiger partial charge is 0.251 e. The van der Waals surface area contributed by atoms with Gasteiger partial charge in [-0.25, -0.2) is 4.98 Å². The molecule has 2 aromatic rings. The van der Waals surface area contributed by atoms with E-state index in [1.54, 1.807) is 16.7 Å². The summed E-state index contributed by atoms with van der Waals surface area (Å²) in [6.45, 7) is 2.70. The van der Waals surface area contributed by atoms with Crippen molar-refractivity contribution in [3.05, 3.63) is 29.0 Å². The molecule has 4 nitrogen and oxygen atoms in total. The largest absolute Gasteiger partial charge is 0.352 e. The van der Waals surface area contributed by atoms with E-state index in [1.807, 2.05) is 20.0 Å². The lowest BCUT2D eigenvalue weighted by Crippen LogP contribution is -2.23. The van der Waals surface area contributed by atoms with Gasteiger partial charge >= 0.3 is 0 Å². The summed E-state index contributed by atoms with van der Waals surface area (Å²) in [6.07, 6.45) is 0.920. The molecule has 0 atom stereocenters. The number of hydrogen-bond donors (Lipinski definition) is 1. The number of aryl methyl sites for hydroxylation is 1. The number of benzene rings is 1. The zero-order valence-electron chi connectivity index (χ0n) is 9.83. The van der Waals surface area contributed by atoms with Gasteiger partial charge in [-0.3, -0.25) is 4.79 Å². The molecule has 0 spiro atoms. The van der Waals surface area contributed by atoms with Crippen molar-refractivity contribution in [1.29, 1.82) is 0 Å². The lowest BCUT2D eigenvalue weighted by atomic mass is 10.2. The van der Waals surface area contributed by atoms with E-state index in [2.05, 4.69) is 10.3 Å². The SMILES string of the molecule is CCCNC(=O)c1ccc2c(c1)nc(Cl)n2C. The first kappa shape index (κ1) is 11.9. The van der Waals surface area contributed by atoms with E-state index in [0.717, 1.165) is 17.5 Å². The van der Waals surface area contributed by atoms with Gasteiger partial charge in [-0.15, -0.1) is 0 Å². The Morgan fingerprint density at radius 1 is 1.53 bits per heavy atom. The van der Waals surface area contributed by atoms with Crippen LogP contribution in [0.15, 0.2) is 18.2 Å². The number of aromatic nitrogens is 2. The van der Waals surface area contributed by atoms with E-state index in [1.165, 1.54) is 0 Å². The van der Waals surface area contributed by atoms with Crippen LogP contribution in [0.4, 0.5) is 0 Å². The van der Waals surface area contributed by atoms with Crippen LogP contribution in [0.2, 0.25) is 5.28 Å². The third-order valence-electron chi connectivity index (χ3n) is 2.62. The van der Waals surface area contributed by atoms with Gasteiger partial charge in [-0.05, 0) is 36.2 Å². The third-order valence-corrected chi connectivity index (χ3v) is 2.96. The Hall–Kier alpha value is -1.55. The molecular formula is C12H14ClN3O. The molecule has 0 radical (unpaired) electrons. The molecule has 0 bridgehead atoms. The molecular weight excluding hydrogens is 238 g/mol. The van der Waals surface area contributed by atoms with Gasteiger partial charge < -0.3 is 9.88 Å². The van der Waals surface area contributed by atoms with Gasteiger partial charge in [-0.2, -0.15) is 0 Å². The number of carbonyl (C=O) groups is 1. The van der Waals surface area contributed by atoms with Crippen LogP contribution in [0.25, 0.3) is 11.0 Å². The minimum Gasteiger partial charge on any atom is -0.352 e. The summed E-state index contributed by atoms with van der Waals surface area (Å²) in [5.41, 5.74) is 2.27. The van der Waals surface area contributed by atoms with Gasteiger partial charge in [-0.1, -0.05) is 6.92 Å². The van der Waals surface area contributed by atoms with E-state index in [9.17, 15) is 4.79 Å². The highest BCUT2D eigenvalue weighted by molar-refractivity contribution is 6.29. The second kappa shape index (κ2) is 4.75. The molecule has 1 N–H and O–H groups in total. The van der Waals surface area contributed by atoms with Gasteiger partial charge in [0.05, 0.1) is 11.0 Å². The summed E-state index contributed by atoms with van der Waals surface area (Å²) in [4.78, 5) is 15.9. The second-order valence-electron chi connectivity index (χ2n) is 3.90. The Balaban J connectivity index is 2.35. The van der Waals surface area contributed by atoms with Crippen molar-refractivity contribution in [3.8, 4) is 0 Å². The van der Waals surface area contributed by atoms with Gasteiger partial charge in [0.2, 0.25) is 5.28 Å². The number of nitrogens with one attached hydrogen (secondary N) is 1. The first-order valence-electron chi connectivity index (χ1n) is 5.53. The molecule has 0 saturated heterocycles. The van der Waals surface area contributed by atoms with Crippen molar-refractivity contribution in [2.45, 2.75) is 13.3 Å². The molecule has 0 unspecified atom stereocenters. The van der Waals surface area contributed by atoms with E-state index in [0.29, 0.717) is 17.4 Å². The first-order chi connectivity index (χ1) is 8.13. The maximum atomic E-state index is 11.8. The fourth-order valence-corrected chi connectivity index (χ4v) is 1.83. The predicted molar refractivity (Wildman–Crippen MR) is 68.3 cm³/mol. The number of amides is 1. The third kappa shape index (κ3) is 2.26. The Bertz CT molecular complexity index is 562. The molecule has 2 rings (SSSR count). The summed E-state index contributed by atoms with van der Waals surface area (Å²) in [6, 6.07) is 5.40. The molecule has 0 aliphatic rings. The molecule has 1 heterocycles. The zero-order chi connectivity index (χ0) is 12.4. The van der Waals surface area contributed by atoms with E-state index >= 15 is 0 Å². The normalized spacial score (nSPS) is 10.8. The zero-order valence-corrected chi connectivity index (χ0v) is 10.6. The highest BCUT2D eigenvalue weighted by Crippen LogP contribution is 2.19. The fourth-order valence-electron chi connectivity index (χ4n) is 1.65. The minimum atomic E-state index is -0.0736. The molecule has 5 heteroatoms. The quantitative estimate of drug-likeness (QED) is 0.910. The van der Waals surface area contributed by atoms with Crippen LogP contribution in [0.3, 0.4) is 0 Å². The molecule has 90 valence electrons. The van der Waals surface area contributed by atoms with Crippen LogP contribution < -0.4 is 5.32 Å². The number of fused-ring (bicyclic) bond motifs is 1. The van der Waals surface area contributed by atoms with Crippen LogP contribution in [0.1, 0.15) is 23.7 Å². The number of rotatable bonds is 3. The molecule has 0 fully saturated rings. The van der Waals surface area contributed by atoms with Crippen molar-refractivity contribution in [3.63, 3.8) is 0 Å². The Kier molecular flexibility index (Phi) is 3.33. The lowest BCUT2D eigenvalue weighted by molar-refractivity contribution is 0.0954. The molecule has 1 amide bonds. The van der Waals surface area contributed by atoms with Crippen molar-refractivity contribution in [2.24, 2.45) is 7.05 Å². The maximum Gasteiger partial charge on any atom is 0.251 e. The molecule has 0 aliphatic heterocycles. The number of halogens is 1. The standard InChI is InChI=1S/C12H14ClN3O/c1-3-6-14-11(17)8-4-5-10-9(7-8)15-12(13)16(10)2/h4-5,7H,3,6H2,1-2H3,(H,14,17). The Morgan fingerprint density at radius 3 is 3.00 bits per heavy atom. The second-order valence-corrected chi connectivity index (χ2v) is 4.24. The molecule has 0 saturated carbocycles. The average molecular weight is 252 g/mol. The highest BCUT2D eigenvalue weighted by atomic mass is 35.5. The number of carbonyl (C=O) groups excluding carboxylic acids is 1. The number of nitrogens with zero attached hydrogens (tertiary/aromatic N) is 2. The van der Waals surface area contributed by atoms with Crippen molar-refractivity contribution in [1.82, 2.24) is 14.9 Å². The van der Waals surface area contributed by atoms with E-state index in [-0.39, 0.29) is 5.91 Å². The molecule has 17 heavy (non-hydrogen) atoms. The van der Waals surface area contributed by atoms with Gasteiger partial charge in [0.15, 0.2) is 0 Å². The number of hydrogen-bond acceptors (Lipinski definition) is 2. The van der Waals surface area contributed by atoms with Crippen LogP contribution in [-0.2, 0) is 7.05 Å². The van der Waals surface area contributed by atoms with E-state index < -0.39 is 0 Å². The average Bonchev–Trinajstić information content (AvgIpc) is 2.61. The monoisotopic (exact) mass is 251 g/mol. The van der Waals surface area contributed by atoms with Gasteiger partial charge in [0, 0.05) is 19.2 Å². The first-order valence-corrected chi connectivity index (χ1v) is 5.91. The summed E-state index contributed by atoms with van der Waals surface area (Å²) in [5.74, 6) is -0.0736. The molecule has 0 aliphatic carbocycles. The van der Waals surface area contributed by atoms with Crippen molar-refractivity contribution in [2.75, 3.05) is 6.54 Å². The molecule has 1 aromatic heterocycles. The Morgan fingerprint density at radius 2 is 2.29 bits per heavy atom. The molecule has 1 aromatic carbocycles. The van der Waals surface area contributed by atoms with Gasteiger partial charge in [0.25, 0.3) is 5.91 Å². The summed E-state index contributed by atoms with van der Waals surface area (Å²) < 4.78 is 1.78. The van der Waals surface area contributed by atoms with Crippen LogP contribution >= 0.6 is 11.6 Å². The predicted octanol–water partition coefficient (Wildman–Crippen LogP) is 2.37. The van der Waals surface area contributed by atoms with E-state index in [4.69, 9.17) is 11.6 Å².